The molecule has 0 radical (unpaired) electrons. The van der Waals surface area contributed by atoms with Gasteiger partial charge in [0.1, 0.15) is 11.2 Å². The normalized spacial score (nSPS) is 27.8. The van der Waals surface area contributed by atoms with Gasteiger partial charge in [0.05, 0.1) is 12.3 Å². The van der Waals surface area contributed by atoms with Crippen LogP contribution in [-0.2, 0) is 6.42 Å². The van der Waals surface area contributed by atoms with Crippen molar-refractivity contribution in [1.29, 1.82) is 0 Å². The van der Waals surface area contributed by atoms with Crippen LogP contribution >= 0.6 is 23.1 Å². The zero-order valence-corrected chi connectivity index (χ0v) is 12.7. The first kappa shape index (κ1) is 12.9. The molecule has 2 aliphatic heterocycles. The fourth-order valence-corrected chi connectivity index (χ4v) is 4.35. The number of nitrogens with zero attached hydrogens (tertiary/aromatic N) is 2. The molecule has 0 aromatic carbocycles. The van der Waals surface area contributed by atoms with Crippen LogP contribution in [0, 0.1) is 5.92 Å². The Bertz CT molecular complexity index is 543. The third kappa shape index (κ3) is 2.62. The van der Waals surface area contributed by atoms with Gasteiger partial charge < -0.3 is 5.32 Å². The van der Waals surface area contributed by atoms with E-state index < -0.39 is 0 Å². The summed E-state index contributed by atoms with van der Waals surface area (Å²) in [6.45, 7) is 5.22. The lowest BCUT2D eigenvalue weighted by Gasteiger charge is -2.23. The minimum atomic E-state index is 0.293. The average molecular weight is 291 g/mol. The van der Waals surface area contributed by atoms with Gasteiger partial charge >= 0.3 is 0 Å². The summed E-state index contributed by atoms with van der Waals surface area (Å²) >= 11 is 3.66. The quantitative estimate of drug-likeness (QED) is 0.927. The Kier molecular flexibility index (Phi) is 3.75. The van der Waals surface area contributed by atoms with E-state index in [1.807, 2.05) is 11.8 Å². The van der Waals surface area contributed by atoms with Crippen LogP contribution in [0.2, 0.25) is 0 Å². The smallest absolute Gasteiger partial charge is 0.115 e. The van der Waals surface area contributed by atoms with Crippen molar-refractivity contribution >= 4 is 35.3 Å². The first-order valence-corrected chi connectivity index (χ1v) is 8.20. The molecule has 0 spiro atoms. The van der Waals surface area contributed by atoms with Gasteiger partial charge in [0.25, 0.3) is 0 Å². The van der Waals surface area contributed by atoms with Crippen LogP contribution in [0.25, 0.3) is 0 Å². The zero-order chi connectivity index (χ0) is 13.2. The van der Waals surface area contributed by atoms with Gasteiger partial charge in [0.15, 0.2) is 0 Å². The highest BCUT2D eigenvalue weighted by atomic mass is 32.2. The number of thioether (sulfide) groups is 1. The minimum Gasteiger partial charge on any atom is -0.335 e. The van der Waals surface area contributed by atoms with Crippen LogP contribution in [-0.4, -0.2) is 24.1 Å². The Labute approximate surface area is 121 Å². The number of rotatable bonds is 3. The molecule has 2 aliphatic rings. The van der Waals surface area contributed by atoms with Crippen molar-refractivity contribution in [1.82, 2.24) is 5.32 Å². The third-order valence-corrected chi connectivity index (χ3v) is 5.80. The number of allylic oxidation sites excluding steroid dienone is 1. The molecule has 0 amide bonds. The summed E-state index contributed by atoms with van der Waals surface area (Å²) in [7, 11) is 0. The minimum absolute atomic E-state index is 0.293. The number of amidine groups is 1. The van der Waals surface area contributed by atoms with Crippen molar-refractivity contribution in [3.8, 4) is 0 Å². The van der Waals surface area contributed by atoms with Crippen LogP contribution < -0.4 is 5.32 Å². The number of fused-ring (bicyclic) bond motifs is 1. The second-order valence-corrected chi connectivity index (χ2v) is 7.11. The average Bonchev–Trinajstić information content (AvgIpc) is 3.00. The largest absolute Gasteiger partial charge is 0.335 e. The Hall–Kier alpha value is -1.07. The summed E-state index contributed by atoms with van der Waals surface area (Å²) in [4.78, 5) is 12.1. The Morgan fingerprint density at radius 3 is 3.11 bits per heavy atom. The van der Waals surface area contributed by atoms with E-state index in [0.29, 0.717) is 11.3 Å². The van der Waals surface area contributed by atoms with Gasteiger partial charge in [-0.25, -0.2) is 0 Å². The summed E-state index contributed by atoms with van der Waals surface area (Å²) in [5, 5.41) is 5.65. The molecule has 0 fully saturated rings. The molecular weight excluding hydrogens is 274 g/mol. The maximum absolute atomic E-state index is 4.76. The second-order valence-electron chi connectivity index (χ2n) is 4.74. The fraction of sp³-hybridized carbons (Fsp3) is 0.429. The summed E-state index contributed by atoms with van der Waals surface area (Å²) in [5.74, 6) is 1.43. The predicted molar refractivity (Wildman–Crippen MR) is 85.2 cm³/mol. The zero-order valence-electron chi connectivity index (χ0n) is 11.1. The lowest BCUT2D eigenvalue weighted by atomic mass is 9.98. The van der Waals surface area contributed by atoms with Crippen molar-refractivity contribution in [2.75, 3.05) is 6.54 Å². The molecule has 1 N–H and O–H groups in total. The second kappa shape index (κ2) is 5.51. The molecule has 1 aromatic rings. The molecule has 0 aliphatic carbocycles. The molecule has 1 aromatic heterocycles. The molecule has 3 nitrogen and oxygen atoms in total. The third-order valence-electron chi connectivity index (χ3n) is 3.55. The van der Waals surface area contributed by atoms with E-state index in [2.05, 4.69) is 41.7 Å². The SMILES string of the molecule is CC1=C(C)[C@@H]2C(=NCCc3cccs3)NC=N[C@H]2S1. The van der Waals surface area contributed by atoms with Crippen molar-refractivity contribution in [3.05, 3.63) is 32.9 Å². The van der Waals surface area contributed by atoms with Crippen molar-refractivity contribution < 1.29 is 0 Å². The molecule has 3 rings (SSSR count). The number of nitrogens with one attached hydrogen (secondary N) is 1. The van der Waals surface area contributed by atoms with Gasteiger partial charge in [-0.3, -0.25) is 9.98 Å². The van der Waals surface area contributed by atoms with Gasteiger partial charge in [-0.1, -0.05) is 11.6 Å². The first-order chi connectivity index (χ1) is 9.25. The molecule has 5 heteroatoms. The molecule has 0 unspecified atom stereocenters. The van der Waals surface area contributed by atoms with E-state index in [4.69, 9.17) is 4.99 Å². The van der Waals surface area contributed by atoms with E-state index in [1.54, 1.807) is 17.7 Å². The summed E-state index contributed by atoms with van der Waals surface area (Å²) in [5.41, 5.74) is 1.41. The summed E-state index contributed by atoms with van der Waals surface area (Å²) in [6.07, 6.45) is 2.82. The topological polar surface area (TPSA) is 36.8 Å². The summed E-state index contributed by atoms with van der Waals surface area (Å²) < 4.78 is 0. The number of hydrogen-bond donors (Lipinski definition) is 1. The molecule has 100 valence electrons. The fourth-order valence-electron chi connectivity index (χ4n) is 2.38. The van der Waals surface area contributed by atoms with Crippen molar-refractivity contribution in [2.45, 2.75) is 25.6 Å². The first-order valence-electron chi connectivity index (χ1n) is 6.44. The van der Waals surface area contributed by atoms with Crippen molar-refractivity contribution in [3.63, 3.8) is 0 Å². The van der Waals surface area contributed by atoms with E-state index in [1.165, 1.54) is 15.4 Å². The van der Waals surface area contributed by atoms with Gasteiger partial charge in [-0.15, -0.1) is 23.1 Å². The van der Waals surface area contributed by atoms with Gasteiger partial charge in [0.2, 0.25) is 0 Å². The molecular formula is C14H17N3S2. The molecule has 19 heavy (non-hydrogen) atoms. The maximum Gasteiger partial charge on any atom is 0.115 e. The predicted octanol–water partition coefficient (Wildman–Crippen LogP) is 3.30. The Morgan fingerprint density at radius 1 is 1.42 bits per heavy atom. The van der Waals surface area contributed by atoms with Gasteiger partial charge in [-0.05, 0) is 30.2 Å². The van der Waals surface area contributed by atoms with Crippen LogP contribution in [0.3, 0.4) is 0 Å². The monoisotopic (exact) mass is 291 g/mol. The lowest BCUT2D eigenvalue weighted by Crippen LogP contribution is -2.39. The standard InChI is InChI=1S/C14H17N3S2/c1-9-10(2)19-14-12(9)13(16-8-17-14)15-6-5-11-4-3-7-18-11/h3-4,7-8,12,14H,5-6H2,1-2H3,(H,15,16,17)/t12-,14+/m1/s1. The highest BCUT2D eigenvalue weighted by Gasteiger charge is 2.36. The van der Waals surface area contributed by atoms with Gasteiger partial charge in [0, 0.05) is 17.8 Å². The maximum atomic E-state index is 4.76. The van der Waals surface area contributed by atoms with E-state index in [0.717, 1.165) is 18.8 Å². The van der Waals surface area contributed by atoms with E-state index in [9.17, 15) is 0 Å². The highest BCUT2D eigenvalue weighted by Crippen LogP contribution is 2.43. The van der Waals surface area contributed by atoms with E-state index >= 15 is 0 Å². The molecule has 3 heterocycles. The molecule has 0 saturated carbocycles. The Morgan fingerprint density at radius 2 is 2.32 bits per heavy atom. The molecule has 0 bridgehead atoms. The lowest BCUT2D eigenvalue weighted by molar-refractivity contribution is 0.734. The molecule has 2 atom stereocenters. The van der Waals surface area contributed by atoms with Crippen LogP contribution in [0.1, 0.15) is 18.7 Å². The van der Waals surface area contributed by atoms with Gasteiger partial charge in [-0.2, -0.15) is 0 Å². The molecule has 0 saturated heterocycles. The highest BCUT2D eigenvalue weighted by molar-refractivity contribution is 8.04. The van der Waals surface area contributed by atoms with Crippen LogP contribution in [0.5, 0.6) is 0 Å². The van der Waals surface area contributed by atoms with Crippen LogP contribution in [0.15, 0.2) is 38.0 Å². The number of thiophene rings is 1. The van der Waals surface area contributed by atoms with Crippen LogP contribution in [0.4, 0.5) is 0 Å². The Balaban J connectivity index is 1.71. The number of aliphatic imine (C=N–C) groups is 2. The van der Waals surface area contributed by atoms with Crippen molar-refractivity contribution in [2.24, 2.45) is 15.9 Å². The van der Waals surface area contributed by atoms with E-state index in [-0.39, 0.29) is 0 Å². The number of hydrogen-bond acceptors (Lipinski definition) is 4. The summed E-state index contributed by atoms with van der Waals surface area (Å²) in [6, 6.07) is 4.27.